The predicted molar refractivity (Wildman–Crippen MR) is 59.2 cm³/mol. The molecule has 0 bridgehead atoms. The van der Waals surface area contributed by atoms with Crippen molar-refractivity contribution in [3.63, 3.8) is 0 Å². The van der Waals surface area contributed by atoms with Crippen LogP contribution in [0.4, 0.5) is 0 Å². The molecule has 0 atom stereocenters. The highest BCUT2D eigenvalue weighted by atomic mass is 79.9. The third-order valence-corrected chi connectivity index (χ3v) is 2.92. The van der Waals surface area contributed by atoms with E-state index in [1.165, 1.54) is 5.56 Å². The summed E-state index contributed by atoms with van der Waals surface area (Å²) >= 11 is 9.26. The van der Waals surface area contributed by atoms with Crippen LogP contribution in [0.15, 0.2) is 22.7 Å². The minimum atomic E-state index is 0. The lowest BCUT2D eigenvalue weighted by Gasteiger charge is -2.02. The lowest BCUT2D eigenvalue weighted by atomic mass is 10.1. The summed E-state index contributed by atoms with van der Waals surface area (Å²) in [5.41, 5.74) is 6.58. The lowest BCUT2D eigenvalue weighted by molar-refractivity contribution is 0.963. The third kappa shape index (κ3) is 2.94. The van der Waals surface area contributed by atoms with E-state index in [2.05, 4.69) is 15.9 Å². The van der Waals surface area contributed by atoms with Gasteiger partial charge in [0, 0.05) is 4.47 Å². The van der Waals surface area contributed by atoms with E-state index in [0.717, 1.165) is 15.9 Å². The summed E-state index contributed by atoms with van der Waals surface area (Å²) in [4.78, 5) is 0. The molecule has 4 heteroatoms. The first-order valence-corrected chi connectivity index (χ1v) is 4.55. The van der Waals surface area contributed by atoms with Crippen molar-refractivity contribution in [1.29, 1.82) is 0 Å². The summed E-state index contributed by atoms with van der Waals surface area (Å²) in [6.45, 7) is 0.652. The van der Waals surface area contributed by atoms with Gasteiger partial charge in [-0.3, -0.25) is 0 Å². The molecule has 0 aliphatic heterocycles. The van der Waals surface area contributed by atoms with Gasteiger partial charge in [-0.15, -0.1) is 12.4 Å². The van der Waals surface area contributed by atoms with Crippen LogP contribution in [0.5, 0.6) is 0 Å². The van der Waals surface area contributed by atoms with E-state index < -0.39 is 0 Å². The van der Waals surface area contributed by atoms with E-state index in [1.54, 1.807) is 0 Å². The Balaban J connectivity index is 0.00000121. The fraction of sp³-hybridized carbons (Fsp3) is 0.250. The van der Waals surface area contributed by atoms with E-state index in [1.807, 2.05) is 18.2 Å². The molecule has 0 aliphatic rings. The number of rotatable bonds is 2. The minimum Gasteiger partial charge on any atom is -0.330 e. The predicted octanol–water partition coefficient (Wildman–Crippen LogP) is 3.03. The summed E-state index contributed by atoms with van der Waals surface area (Å²) in [6, 6.07) is 5.80. The van der Waals surface area contributed by atoms with Gasteiger partial charge in [-0.25, -0.2) is 0 Å². The van der Waals surface area contributed by atoms with Gasteiger partial charge >= 0.3 is 0 Å². The zero-order valence-electron chi connectivity index (χ0n) is 6.39. The Morgan fingerprint density at radius 3 is 2.67 bits per heavy atom. The maximum Gasteiger partial charge on any atom is 0.0550 e. The second-order valence-corrected chi connectivity index (χ2v) is 3.45. The first-order chi connectivity index (χ1) is 5.25. The van der Waals surface area contributed by atoms with Gasteiger partial charge in [0.2, 0.25) is 0 Å². The maximum absolute atomic E-state index is 5.86. The van der Waals surface area contributed by atoms with Crippen molar-refractivity contribution < 1.29 is 0 Å². The fourth-order valence-corrected chi connectivity index (χ4v) is 1.55. The number of benzene rings is 1. The molecule has 1 aromatic rings. The molecule has 0 aromatic heterocycles. The molecule has 0 saturated heterocycles. The molecule has 1 nitrogen and oxygen atoms in total. The molecule has 0 spiro atoms. The quantitative estimate of drug-likeness (QED) is 0.879. The molecule has 0 unspecified atom stereocenters. The highest BCUT2D eigenvalue weighted by Gasteiger charge is 2.01. The topological polar surface area (TPSA) is 26.0 Å². The highest BCUT2D eigenvalue weighted by molar-refractivity contribution is 9.10. The van der Waals surface area contributed by atoms with Crippen LogP contribution in [0.25, 0.3) is 0 Å². The highest BCUT2D eigenvalue weighted by Crippen LogP contribution is 2.25. The zero-order chi connectivity index (χ0) is 8.27. The Hall–Kier alpha value is 0.240. The second-order valence-electron chi connectivity index (χ2n) is 2.25. The largest absolute Gasteiger partial charge is 0.330 e. The van der Waals surface area contributed by atoms with Gasteiger partial charge in [0.15, 0.2) is 0 Å². The van der Waals surface area contributed by atoms with Gasteiger partial charge in [-0.05, 0) is 40.5 Å². The molecule has 1 rings (SSSR count). The Bertz CT molecular complexity index is 253. The molecule has 0 saturated carbocycles. The second kappa shape index (κ2) is 5.81. The molecular weight excluding hydrogens is 261 g/mol. The Kier molecular flexibility index (Phi) is 5.93. The summed E-state index contributed by atoms with van der Waals surface area (Å²) in [5.74, 6) is 0. The summed E-state index contributed by atoms with van der Waals surface area (Å²) < 4.78 is 0.965. The number of hydrogen-bond donors (Lipinski definition) is 1. The van der Waals surface area contributed by atoms with Gasteiger partial charge in [0.25, 0.3) is 0 Å². The fourth-order valence-electron chi connectivity index (χ4n) is 0.897. The van der Waals surface area contributed by atoms with Gasteiger partial charge in [-0.2, -0.15) is 0 Å². The summed E-state index contributed by atoms with van der Waals surface area (Å²) in [7, 11) is 0. The van der Waals surface area contributed by atoms with Crippen LogP contribution in [-0.4, -0.2) is 6.54 Å². The molecule has 0 fully saturated rings. The van der Waals surface area contributed by atoms with Crippen molar-refractivity contribution >= 4 is 39.9 Å². The first-order valence-electron chi connectivity index (χ1n) is 3.38. The zero-order valence-corrected chi connectivity index (χ0v) is 9.55. The average Bonchev–Trinajstić information content (AvgIpc) is 1.99. The van der Waals surface area contributed by atoms with Crippen molar-refractivity contribution in [1.82, 2.24) is 0 Å². The molecule has 0 amide bonds. The SMILES string of the molecule is Cl.NCCc1cccc(Cl)c1Br. The van der Waals surface area contributed by atoms with Crippen LogP contribution in [0, 0.1) is 0 Å². The molecule has 2 N–H and O–H groups in total. The van der Waals surface area contributed by atoms with Crippen LogP contribution < -0.4 is 5.73 Å². The molecule has 68 valence electrons. The van der Waals surface area contributed by atoms with E-state index in [-0.39, 0.29) is 12.4 Å². The first kappa shape index (κ1) is 12.2. The maximum atomic E-state index is 5.86. The Morgan fingerprint density at radius 1 is 1.42 bits per heavy atom. The van der Waals surface area contributed by atoms with Crippen molar-refractivity contribution in [3.8, 4) is 0 Å². The van der Waals surface area contributed by atoms with Crippen LogP contribution >= 0.6 is 39.9 Å². The standard InChI is InChI=1S/C8H9BrClN.ClH/c9-8-6(4-5-11)2-1-3-7(8)10;/h1-3H,4-5,11H2;1H. The lowest BCUT2D eigenvalue weighted by Crippen LogP contribution is -2.03. The molecule has 1 aromatic carbocycles. The summed E-state index contributed by atoms with van der Waals surface area (Å²) in [5, 5.41) is 0.746. The van der Waals surface area contributed by atoms with Crippen molar-refractivity contribution in [3.05, 3.63) is 33.3 Å². The molecule has 12 heavy (non-hydrogen) atoms. The van der Waals surface area contributed by atoms with E-state index in [0.29, 0.717) is 6.54 Å². The third-order valence-electron chi connectivity index (χ3n) is 1.45. The molecule has 0 heterocycles. The number of hydrogen-bond acceptors (Lipinski definition) is 1. The average molecular weight is 271 g/mol. The molecular formula is C8H10BrCl2N. The van der Waals surface area contributed by atoms with Gasteiger partial charge in [-0.1, -0.05) is 23.7 Å². The van der Waals surface area contributed by atoms with Crippen LogP contribution in [0.2, 0.25) is 5.02 Å². The Labute approximate surface area is 91.8 Å². The van der Waals surface area contributed by atoms with Crippen molar-refractivity contribution in [2.45, 2.75) is 6.42 Å². The van der Waals surface area contributed by atoms with Gasteiger partial charge in [0.1, 0.15) is 0 Å². The van der Waals surface area contributed by atoms with E-state index in [9.17, 15) is 0 Å². The number of halogens is 3. The van der Waals surface area contributed by atoms with Gasteiger partial charge < -0.3 is 5.73 Å². The smallest absolute Gasteiger partial charge is 0.0550 e. The van der Waals surface area contributed by atoms with Crippen LogP contribution in [0.3, 0.4) is 0 Å². The Morgan fingerprint density at radius 2 is 2.08 bits per heavy atom. The minimum absolute atomic E-state index is 0. The normalized spacial score (nSPS) is 9.25. The van der Waals surface area contributed by atoms with Gasteiger partial charge in [0.05, 0.1) is 5.02 Å². The monoisotopic (exact) mass is 269 g/mol. The van der Waals surface area contributed by atoms with Crippen molar-refractivity contribution in [2.75, 3.05) is 6.54 Å². The van der Waals surface area contributed by atoms with Crippen molar-refractivity contribution in [2.24, 2.45) is 5.73 Å². The molecule has 0 radical (unpaired) electrons. The summed E-state index contributed by atoms with van der Waals surface area (Å²) in [6.07, 6.45) is 0.862. The van der Waals surface area contributed by atoms with E-state index >= 15 is 0 Å². The van der Waals surface area contributed by atoms with Crippen LogP contribution in [0.1, 0.15) is 5.56 Å². The number of nitrogens with two attached hydrogens (primary N) is 1. The van der Waals surface area contributed by atoms with Crippen LogP contribution in [-0.2, 0) is 6.42 Å². The van der Waals surface area contributed by atoms with E-state index in [4.69, 9.17) is 17.3 Å². The molecule has 0 aliphatic carbocycles.